The molecule has 0 bridgehead atoms. The first-order chi connectivity index (χ1) is 9.66. The average molecular weight is 269 g/mol. The molecule has 1 aromatic heterocycles. The Balaban J connectivity index is 2.29. The molecule has 0 fully saturated rings. The molecule has 20 heavy (non-hydrogen) atoms. The number of imidazole rings is 1. The average Bonchev–Trinajstić information content (AvgIpc) is 2.78. The van der Waals surface area contributed by atoms with Crippen molar-refractivity contribution >= 4 is 16.9 Å². The molecule has 0 atom stereocenters. The number of hydrogen-bond donors (Lipinski definition) is 1. The quantitative estimate of drug-likeness (QED) is 0.793. The fourth-order valence-corrected chi connectivity index (χ4v) is 2.24. The van der Waals surface area contributed by atoms with Gasteiger partial charge in [-0.1, -0.05) is 24.3 Å². The second-order valence-electron chi connectivity index (χ2n) is 4.46. The normalized spacial score (nSPS) is 10.8. The number of carbonyl (C=O) groups excluding carboxylic acids is 1. The van der Waals surface area contributed by atoms with E-state index >= 15 is 0 Å². The molecule has 3 rings (SSSR count). The number of halogens is 1. The van der Waals surface area contributed by atoms with Gasteiger partial charge in [0.05, 0.1) is 16.6 Å². The van der Waals surface area contributed by atoms with E-state index in [0.717, 1.165) is 5.52 Å². The highest BCUT2D eigenvalue weighted by Gasteiger charge is 2.16. The molecule has 4 nitrogen and oxygen atoms in total. The van der Waals surface area contributed by atoms with Crippen LogP contribution in [0.1, 0.15) is 0 Å². The monoisotopic (exact) mass is 269 g/mol. The molecule has 100 valence electrons. The highest BCUT2D eigenvalue weighted by molar-refractivity contribution is 5.84. The number of nitrogens with two attached hydrogens (primary N) is 1. The first-order valence-corrected chi connectivity index (χ1v) is 6.15. The van der Waals surface area contributed by atoms with E-state index in [0.29, 0.717) is 16.9 Å². The minimum absolute atomic E-state index is 0.0375. The maximum absolute atomic E-state index is 14.0. The van der Waals surface area contributed by atoms with E-state index < -0.39 is 5.91 Å². The Hall–Kier alpha value is -2.69. The highest BCUT2D eigenvalue weighted by Crippen LogP contribution is 2.26. The van der Waals surface area contributed by atoms with Gasteiger partial charge < -0.3 is 10.3 Å². The predicted molar refractivity (Wildman–Crippen MR) is 74.3 cm³/mol. The third-order valence-corrected chi connectivity index (χ3v) is 3.08. The van der Waals surface area contributed by atoms with Crippen molar-refractivity contribution < 1.29 is 9.18 Å². The second kappa shape index (κ2) is 4.77. The predicted octanol–water partition coefficient (Wildman–Crippen LogP) is 2.33. The highest BCUT2D eigenvalue weighted by atomic mass is 19.1. The third kappa shape index (κ3) is 2.03. The summed E-state index contributed by atoms with van der Waals surface area (Å²) in [5.41, 5.74) is 7.09. The minimum atomic E-state index is -0.495. The smallest absolute Gasteiger partial charge is 0.237 e. The number of carbonyl (C=O) groups is 1. The summed E-state index contributed by atoms with van der Waals surface area (Å²) >= 11 is 0. The van der Waals surface area contributed by atoms with E-state index in [1.165, 1.54) is 6.07 Å². The van der Waals surface area contributed by atoms with Crippen molar-refractivity contribution in [2.24, 2.45) is 5.73 Å². The number of para-hydroxylation sites is 2. The van der Waals surface area contributed by atoms with Crippen molar-refractivity contribution in [1.82, 2.24) is 9.55 Å². The molecule has 0 aliphatic rings. The summed E-state index contributed by atoms with van der Waals surface area (Å²) in [5, 5.41) is 0. The van der Waals surface area contributed by atoms with Gasteiger partial charge in [-0.2, -0.15) is 0 Å². The Morgan fingerprint density at radius 1 is 1.15 bits per heavy atom. The molecule has 1 amide bonds. The number of rotatable bonds is 3. The Morgan fingerprint density at radius 2 is 1.85 bits per heavy atom. The van der Waals surface area contributed by atoms with E-state index in [4.69, 9.17) is 5.73 Å². The fourth-order valence-electron chi connectivity index (χ4n) is 2.24. The Labute approximate surface area is 114 Å². The van der Waals surface area contributed by atoms with Crippen LogP contribution in [0.5, 0.6) is 0 Å². The van der Waals surface area contributed by atoms with Crippen molar-refractivity contribution in [3.63, 3.8) is 0 Å². The van der Waals surface area contributed by atoms with E-state index in [-0.39, 0.29) is 12.4 Å². The van der Waals surface area contributed by atoms with Gasteiger partial charge in [0.15, 0.2) is 0 Å². The van der Waals surface area contributed by atoms with Crippen molar-refractivity contribution in [2.75, 3.05) is 0 Å². The number of benzene rings is 2. The van der Waals surface area contributed by atoms with Gasteiger partial charge >= 0.3 is 0 Å². The summed E-state index contributed by atoms with van der Waals surface area (Å²) in [6.07, 6.45) is 0. The fraction of sp³-hybridized carbons (Fsp3) is 0.0667. The van der Waals surface area contributed by atoms with E-state index in [9.17, 15) is 9.18 Å². The van der Waals surface area contributed by atoms with Crippen molar-refractivity contribution in [3.05, 3.63) is 54.3 Å². The molecule has 0 aliphatic carbocycles. The lowest BCUT2D eigenvalue weighted by Crippen LogP contribution is -2.19. The van der Waals surface area contributed by atoms with Gasteiger partial charge in [-0.3, -0.25) is 4.79 Å². The van der Waals surface area contributed by atoms with Gasteiger partial charge in [0.25, 0.3) is 0 Å². The maximum atomic E-state index is 14.0. The van der Waals surface area contributed by atoms with Crippen LogP contribution in [-0.2, 0) is 11.3 Å². The number of fused-ring (bicyclic) bond motifs is 1. The SMILES string of the molecule is NC(=O)Cn1c(-c2ccccc2F)nc2ccccc21. The summed E-state index contributed by atoms with van der Waals surface area (Å²) in [4.78, 5) is 15.7. The first kappa shape index (κ1) is 12.3. The number of amides is 1. The van der Waals surface area contributed by atoms with Crippen molar-refractivity contribution in [1.29, 1.82) is 0 Å². The van der Waals surface area contributed by atoms with Crippen LogP contribution in [0.3, 0.4) is 0 Å². The lowest BCUT2D eigenvalue weighted by atomic mass is 10.2. The van der Waals surface area contributed by atoms with Crippen LogP contribution in [0.15, 0.2) is 48.5 Å². The first-order valence-electron chi connectivity index (χ1n) is 6.15. The van der Waals surface area contributed by atoms with Crippen molar-refractivity contribution in [2.45, 2.75) is 6.54 Å². The molecule has 0 radical (unpaired) electrons. The van der Waals surface area contributed by atoms with Crippen LogP contribution in [0.2, 0.25) is 0 Å². The van der Waals surface area contributed by atoms with Gasteiger partial charge in [-0.15, -0.1) is 0 Å². The minimum Gasteiger partial charge on any atom is -0.368 e. The molecule has 0 spiro atoms. The summed E-state index contributed by atoms with van der Waals surface area (Å²) < 4.78 is 15.6. The zero-order valence-electron chi connectivity index (χ0n) is 10.6. The number of aromatic nitrogens is 2. The molecule has 1 heterocycles. The Morgan fingerprint density at radius 3 is 2.60 bits per heavy atom. The molecular formula is C15H12FN3O. The number of hydrogen-bond acceptors (Lipinski definition) is 2. The number of nitrogens with zero attached hydrogens (tertiary/aromatic N) is 2. The molecule has 0 unspecified atom stereocenters. The molecule has 2 N–H and O–H groups in total. The van der Waals surface area contributed by atoms with Gasteiger partial charge in [0, 0.05) is 0 Å². The summed E-state index contributed by atoms with van der Waals surface area (Å²) in [5.74, 6) is -0.470. The topological polar surface area (TPSA) is 60.9 Å². The van der Waals surface area contributed by atoms with E-state index in [1.54, 1.807) is 22.8 Å². The van der Waals surface area contributed by atoms with Gasteiger partial charge in [0.2, 0.25) is 5.91 Å². The van der Waals surface area contributed by atoms with Gasteiger partial charge in [-0.25, -0.2) is 9.37 Å². The number of primary amides is 1. The standard InChI is InChI=1S/C15H12FN3O/c16-11-6-2-1-5-10(11)15-18-12-7-3-4-8-13(12)19(15)9-14(17)20/h1-8H,9H2,(H2,17,20). The van der Waals surface area contributed by atoms with E-state index in [2.05, 4.69) is 4.98 Å². The molecule has 2 aromatic carbocycles. The zero-order chi connectivity index (χ0) is 14.1. The largest absolute Gasteiger partial charge is 0.368 e. The lowest BCUT2D eigenvalue weighted by molar-refractivity contribution is -0.118. The Kier molecular flexibility index (Phi) is 2.95. The maximum Gasteiger partial charge on any atom is 0.237 e. The zero-order valence-corrected chi connectivity index (χ0v) is 10.6. The Bertz CT molecular complexity index is 795. The van der Waals surface area contributed by atoms with Gasteiger partial charge in [-0.05, 0) is 24.3 Å². The molecule has 3 aromatic rings. The van der Waals surface area contributed by atoms with Crippen molar-refractivity contribution in [3.8, 4) is 11.4 Å². The van der Waals surface area contributed by atoms with Crippen LogP contribution in [-0.4, -0.2) is 15.5 Å². The summed E-state index contributed by atoms with van der Waals surface area (Å²) in [7, 11) is 0. The van der Waals surface area contributed by atoms with Crippen LogP contribution in [0.4, 0.5) is 4.39 Å². The molecule has 0 saturated carbocycles. The summed E-state index contributed by atoms with van der Waals surface area (Å²) in [6.45, 7) is -0.0375. The summed E-state index contributed by atoms with van der Waals surface area (Å²) in [6, 6.07) is 13.7. The molecule has 5 heteroatoms. The molecule has 0 saturated heterocycles. The van der Waals surface area contributed by atoms with Crippen LogP contribution < -0.4 is 5.73 Å². The lowest BCUT2D eigenvalue weighted by Gasteiger charge is -2.07. The van der Waals surface area contributed by atoms with Crippen LogP contribution >= 0.6 is 0 Å². The van der Waals surface area contributed by atoms with Gasteiger partial charge in [0.1, 0.15) is 18.2 Å². The van der Waals surface area contributed by atoms with Crippen LogP contribution in [0, 0.1) is 5.82 Å². The molecular weight excluding hydrogens is 257 g/mol. The second-order valence-corrected chi connectivity index (χ2v) is 4.46. The third-order valence-electron chi connectivity index (χ3n) is 3.08. The molecule has 0 aliphatic heterocycles. The van der Waals surface area contributed by atoms with Crippen LogP contribution in [0.25, 0.3) is 22.4 Å². The van der Waals surface area contributed by atoms with E-state index in [1.807, 2.05) is 24.3 Å².